The SMILES string of the molecule is CCOC1CC(Nc2ncccc2C#N)C1. The van der Waals surface area contributed by atoms with Crippen molar-refractivity contribution in [2.75, 3.05) is 11.9 Å². The first-order valence-corrected chi connectivity index (χ1v) is 5.56. The molecule has 0 saturated heterocycles. The molecular weight excluding hydrogens is 202 g/mol. The van der Waals surface area contributed by atoms with Crippen molar-refractivity contribution in [3.05, 3.63) is 23.9 Å². The number of nitriles is 1. The summed E-state index contributed by atoms with van der Waals surface area (Å²) in [7, 11) is 0. The third kappa shape index (κ3) is 2.31. The quantitative estimate of drug-likeness (QED) is 0.837. The van der Waals surface area contributed by atoms with E-state index in [9.17, 15) is 0 Å². The molecule has 0 atom stereocenters. The fourth-order valence-electron chi connectivity index (χ4n) is 1.86. The van der Waals surface area contributed by atoms with Crippen molar-refractivity contribution < 1.29 is 4.74 Å². The van der Waals surface area contributed by atoms with Crippen LogP contribution in [-0.2, 0) is 4.74 Å². The first kappa shape index (κ1) is 10.9. The number of rotatable bonds is 4. The van der Waals surface area contributed by atoms with Crippen molar-refractivity contribution in [3.8, 4) is 6.07 Å². The molecule has 2 rings (SSSR count). The maximum Gasteiger partial charge on any atom is 0.144 e. The number of anilines is 1. The molecule has 0 amide bonds. The van der Waals surface area contributed by atoms with Crippen molar-refractivity contribution in [2.24, 2.45) is 0 Å². The second-order valence-corrected chi connectivity index (χ2v) is 3.90. The van der Waals surface area contributed by atoms with Gasteiger partial charge in [0.05, 0.1) is 11.7 Å². The highest BCUT2D eigenvalue weighted by atomic mass is 16.5. The lowest BCUT2D eigenvalue weighted by molar-refractivity contribution is 0.00292. The minimum Gasteiger partial charge on any atom is -0.378 e. The second-order valence-electron chi connectivity index (χ2n) is 3.90. The average Bonchev–Trinajstić information content (AvgIpc) is 2.27. The van der Waals surface area contributed by atoms with Crippen LogP contribution in [-0.4, -0.2) is 23.7 Å². The zero-order chi connectivity index (χ0) is 11.4. The van der Waals surface area contributed by atoms with Gasteiger partial charge in [-0.3, -0.25) is 0 Å². The Balaban J connectivity index is 1.89. The summed E-state index contributed by atoms with van der Waals surface area (Å²) in [5.41, 5.74) is 0.599. The third-order valence-corrected chi connectivity index (χ3v) is 2.77. The molecule has 1 saturated carbocycles. The number of hydrogen-bond acceptors (Lipinski definition) is 4. The minimum absolute atomic E-state index is 0.372. The van der Waals surface area contributed by atoms with E-state index in [2.05, 4.69) is 16.4 Å². The summed E-state index contributed by atoms with van der Waals surface area (Å²) in [5, 5.41) is 12.2. The molecule has 1 N–H and O–H groups in total. The largest absolute Gasteiger partial charge is 0.378 e. The zero-order valence-electron chi connectivity index (χ0n) is 9.31. The first-order valence-electron chi connectivity index (χ1n) is 5.56. The van der Waals surface area contributed by atoms with Crippen molar-refractivity contribution in [1.29, 1.82) is 5.26 Å². The van der Waals surface area contributed by atoms with Gasteiger partial charge in [0, 0.05) is 18.8 Å². The monoisotopic (exact) mass is 217 g/mol. The van der Waals surface area contributed by atoms with E-state index in [1.807, 2.05) is 6.92 Å². The molecule has 0 spiro atoms. The highest BCUT2D eigenvalue weighted by Crippen LogP contribution is 2.26. The standard InChI is InChI=1S/C12H15N3O/c1-2-16-11-6-10(7-11)15-12-9(8-13)4-3-5-14-12/h3-5,10-11H,2,6-7H2,1H3,(H,14,15). The molecule has 0 bridgehead atoms. The molecule has 1 aliphatic rings. The van der Waals surface area contributed by atoms with E-state index < -0.39 is 0 Å². The molecule has 0 radical (unpaired) electrons. The van der Waals surface area contributed by atoms with E-state index in [1.165, 1.54) is 0 Å². The summed E-state index contributed by atoms with van der Waals surface area (Å²) >= 11 is 0. The number of aromatic nitrogens is 1. The van der Waals surface area contributed by atoms with Gasteiger partial charge < -0.3 is 10.1 Å². The van der Waals surface area contributed by atoms with Crippen molar-refractivity contribution >= 4 is 5.82 Å². The molecule has 1 aromatic rings. The molecule has 0 aliphatic heterocycles. The average molecular weight is 217 g/mol. The number of nitrogens with one attached hydrogen (secondary N) is 1. The number of nitrogens with zero attached hydrogens (tertiary/aromatic N) is 2. The van der Waals surface area contributed by atoms with E-state index in [-0.39, 0.29) is 0 Å². The van der Waals surface area contributed by atoms with Crippen LogP contribution in [0.2, 0.25) is 0 Å². The van der Waals surface area contributed by atoms with Gasteiger partial charge in [0.1, 0.15) is 11.9 Å². The summed E-state index contributed by atoms with van der Waals surface area (Å²) in [4.78, 5) is 4.17. The van der Waals surface area contributed by atoms with Gasteiger partial charge in [0.15, 0.2) is 0 Å². The molecule has 0 unspecified atom stereocenters. The van der Waals surface area contributed by atoms with Gasteiger partial charge in [0.2, 0.25) is 0 Å². The topological polar surface area (TPSA) is 57.9 Å². The van der Waals surface area contributed by atoms with Crippen molar-refractivity contribution in [1.82, 2.24) is 4.98 Å². The van der Waals surface area contributed by atoms with E-state index >= 15 is 0 Å². The summed E-state index contributed by atoms with van der Waals surface area (Å²) in [6, 6.07) is 6.06. The van der Waals surface area contributed by atoms with Crippen LogP contribution in [0.4, 0.5) is 5.82 Å². The Kier molecular flexibility index (Phi) is 3.37. The van der Waals surface area contributed by atoms with Gasteiger partial charge in [-0.1, -0.05) is 0 Å². The van der Waals surface area contributed by atoms with E-state index in [0.29, 0.717) is 23.5 Å². The molecule has 0 aromatic carbocycles. The summed E-state index contributed by atoms with van der Waals surface area (Å²) < 4.78 is 5.48. The Morgan fingerprint density at radius 1 is 1.62 bits per heavy atom. The molecular formula is C12H15N3O. The predicted molar refractivity (Wildman–Crippen MR) is 61.0 cm³/mol. The maximum absolute atomic E-state index is 8.90. The Morgan fingerprint density at radius 2 is 2.44 bits per heavy atom. The second kappa shape index (κ2) is 4.95. The lowest BCUT2D eigenvalue weighted by Gasteiger charge is -2.35. The lowest BCUT2D eigenvalue weighted by Crippen LogP contribution is -2.41. The fraction of sp³-hybridized carbons (Fsp3) is 0.500. The van der Waals surface area contributed by atoms with Crippen molar-refractivity contribution in [2.45, 2.75) is 31.9 Å². The molecule has 16 heavy (non-hydrogen) atoms. The lowest BCUT2D eigenvalue weighted by atomic mass is 9.89. The zero-order valence-corrected chi connectivity index (χ0v) is 9.31. The molecule has 1 heterocycles. The Bertz CT molecular complexity index is 393. The van der Waals surface area contributed by atoms with Crippen LogP contribution >= 0.6 is 0 Å². The first-order chi connectivity index (χ1) is 7.83. The van der Waals surface area contributed by atoms with Gasteiger partial charge in [-0.25, -0.2) is 4.98 Å². The Morgan fingerprint density at radius 3 is 3.12 bits per heavy atom. The molecule has 1 aromatic heterocycles. The summed E-state index contributed by atoms with van der Waals surface area (Å²) in [6.07, 6.45) is 4.06. The van der Waals surface area contributed by atoms with Gasteiger partial charge in [-0.15, -0.1) is 0 Å². The van der Waals surface area contributed by atoms with Crippen LogP contribution in [0.15, 0.2) is 18.3 Å². The van der Waals surface area contributed by atoms with Crippen LogP contribution in [0.3, 0.4) is 0 Å². The van der Waals surface area contributed by atoms with E-state index in [4.69, 9.17) is 10.00 Å². The Labute approximate surface area is 95.3 Å². The van der Waals surface area contributed by atoms with Crippen LogP contribution in [0.1, 0.15) is 25.3 Å². The molecule has 84 valence electrons. The normalized spacial score (nSPS) is 23.2. The molecule has 1 fully saturated rings. The fourth-order valence-corrected chi connectivity index (χ4v) is 1.86. The van der Waals surface area contributed by atoms with E-state index in [1.54, 1.807) is 18.3 Å². The number of ether oxygens (including phenoxy) is 1. The number of hydrogen-bond donors (Lipinski definition) is 1. The van der Waals surface area contributed by atoms with Crippen molar-refractivity contribution in [3.63, 3.8) is 0 Å². The highest BCUT2D eigenvalue weighted by Gasteiger charge is 2.29. The minimum atomic E-state index is 0.372. The van der Waals surface area contributed by atoms with Gasteiger partial charge in [-0.2, -0.15) is 5.26 Å². The van der Waals surface area contributed by atoms with Crippen LogP contribution in [0, 0.1) is 11.3 Å². The van der Waals surface area contributed by atoms with Gasteiger partial charge in [-0.05, 0) is 31.9 Å². The summed E-state index contributed by atoms with van der Waals surface area (Å²) in [6.45, 7) is 2.78. The molecule has 1 aliphatic carbocycles. The Hall–Kier alpha value is -1.60. The predicted octanol–water partition coefficient (Wildman–Crippen LogP) is 1.93. The van der Waals surface area contributed by atoms with Crippen LogP contribution < -0.4 is 5.32 Å². The third-order valence-electron chi connectivity index (χ3n) is 2.77. The summed E-state index contributed by atoms with van der Waals surface area (Å²) in [5.74, 6) is 0.685. The maximum atomic E-state index is 8.90. The number of pyridine rings is 1. The van der Waals surface area contributed by atoms with Crippen LogP contribution in [0.5, 0.6) is 0 Å². The van der Waals surface area contributed by atoms with E-state index in [0.717, 1.165) is 19.4 Å². The highest BCUT2D eigenvalue weighted by molar-refractivity contribution is 5.52. The van der Waals surface area contributed by atoms with Gasteiger partial charge in [0.25, 0.3) is 0 Å². The van der Waals surface area contributed by atoms with Crippen LogP contribution in [0.25, 0.3) is 0 Å². The molecule has 4 heteroatoms. The smallest absolute Gasteiger partial charge is 0.144 e. The van der Waals surface area contributed by atoms with Gasteiger partial charge >= 0.3 is 0 Å². The molecule has 4 nitrogen and oxygen atoms in total.